The molecule has 0 aromatic heterocycles. The highest BCUT2D eigenvalue weighted by Crippen LogP contribution is 2.39. The number of aliphatic carboxylic acids is 1. The third kappa shape index (κ3) is 6.75. The summed E-state index contributed by atoms with van der Waals surface area (Å²) in [6, 6.07) is 15.0. The lowest BCUT2D eigenvalue weighted by molar-refractivity contribution is -0.138. The molecule has 0 fully saturated rings. The van der Waals surface area contributed by atoms with Gasteiger partial charge in [0.2, 0.25) is 0 Å². The molecular weight excluding hydrogens is 461 g/mol. The van der Waals surface area contributed by atoms with E-state index in [2.05, 4.69) is 10.6 Å². The predicted octanol–water partition coefficient (Wildman–Crippen LogP) is 5.66. The molecule has 6 nitrogen and oxygen atoms in total. The van der Waals surface area contributed by atoms with Crippen molar-refractivity contribution in [1.29, 1.82) is 0 Å². The average Bonchev–Trinajstić information content (AvgIpc) is 2.82. The van der Waals surface area contributed by atoms with Crippen LogP contribution in [-0.2, 0) is 23.9 Å². The number of carbonyl (C=O) groups is 2. The van der Waals surface area contributed by atoms with Gasteiger partial charge in [0.05, 0.1) is 18.0 Å². The summed E-state index contributed by atoms with van der Waals surface area (Å²) in [6.07, 6.45) is -4.67. The highest BCUT2D eigenvalue weighted by atomic mass is 19.4. The van der Waals surface area contributed by atoms with Crippen molar-refractivity contribution in [3.05, 3.63) is 89.0 Å². The van der Waals surface area contributed by atoms with Gasteiger partial charge in [0.15, 0.2) is 0 Å². The van der Waals surface area contributed by atoms with Crippen molar-refractivity contribution in [1.82, 2.24) is 10.6 Å². The van der Waals surface area contributed by atoms with Crippen LogP contribution in [0.25, 0.3) is 11.1 Å². The van der Waals surface area contributed by atoms with Crippen LogP contribution >= 0.6 is 0 Å². The zero-order valence-corrected chi connectivity index (χ0v) is 18.9. The summed E-state index contributed by atoms with van der Waals surface area (Å²) in [7, 11) is 0. The van der Waals surface area contributed by atoms with E-state index < -0.39 is 29.8 Å². The lowest BCUT2D eigenvalue weighted by atomic mass is 9.90. The second-order valence-corrected chi connectivity index (χ2v) is 8.00. The molecule has 3 rings (SSSR count). The van der Waals surface area contributed by atoms with Gasteiger partial charge < -0.3 is 20.8 Å². The van der Waals surface area contributed by atoms with Gasteiger partial charge in [-0.3, -0.25) is 4.79 Å². The van der Waals surface area contributed by atoms with E-state index in [4.69, 9.17) is 5.11 Å². The van der Waals surface area contributed by atoms with Crippen molar-refractivity contribution >= 4 is 12.0 Å². The Morgan fingerprint density at radius 3 is 2.29 bits per heavy atom. The summed E-state index contributed by atoms with van der Waals surface area (Å²) in [5.74, 6) is -1.30. The average molecular weight is 486 g/mol. The number of urea groups is 1. The Morgan fingerprint density at radius 2 is 1.66 bits per heavy atom. The van der Waals surface area contributed by atoms with E-state index in [-0.39, 0.29) is 41.8 Å². The number of benzene rings is 3. The second-order valence-electron chi connectivity index (χ2n) is 8.00. The van der Waals surface area contributed by atoms with Crippen LogP contribution in [-0.4, -0.2) is 22.2 Å². The Kier molecular flexibility index (Phi) is 8.01. The van der Waals surface area contributed by atoms with Gasteiger partial charge in [-0.2, -0.15) is 13.2 Å². The minimum absolute atomic E-state index is 0.153. The van der Waals surface area contributed by atoms with Gasteiger partial charge in [-0.05, 0) is 52.9 Å². The number of rotatable bonds is 8. The molecule has 0 bridgehead atoms. The summed E-state index contributed by atoms with van der Waals surface area (Å²) in [4.78, 5) is 23.7. The third-order valence-electron chi connectivity index (χ3n) is 5.47. The molecule has 0 heterocycles. The third-order valence-corrected chi connectivity index (χ3v) is 5.47. The minimum atomic E-state index is -4.62. The predicted molar refractivity (Wildman–Crippen MR) is 125 cm³/mol. The summed E-state index contributed by atoms with van der Waals surface area (Å²) < 4.78 is 40.5. The van der Waals surface area contributed by atoms with E-state index in [1.54, 1.807) is 6.92 Å². The number of halogens is 3. The number of nitrogens with one attached hydrogen (secondary N) is 2. The van der Waals surface area contributed by atoms with Crippen molar-refractivity contribution in [3.8, 4) is 16.9 Å². The Labute approximate surface area is 200 Å². The molecule has 3 aromatic rings. The highest BCUT2D eigenvalue weighted by molar-refractivity contribution is 5.79. The number of carboxylic acid groups (broad SMARTS) is 1. The fraction of sp³-hybridized carbons (Fsp3) is 0.231. The first-order valence-electron chi connectivity index (χ1n) is 10.9. The van der Waals surface area contributed by atoms with Crippen LogP contribution in [0.15, 0.2) is 66.7 Å². The van der Waals surface area contributed by atoms with Gasteiger partial charge in [0.25, 0.3) is 0 Å². The standard InChI is InChI=1S/C26H25F3N2O4/c1-2-22(31-25(35)30-15-16-6-4-3-5-7-16)20-14-18(26(27,28)29)9-10-19(20)21-12-17(13-24(33)34)8-11-23(21)32/h3-12,14,22,32H,2,13,15H2,1H3,(H,33,34)(H2,30,31,35). The van der Waals surface area contributed by atoms with Gasteiger partial charge in [-0.15, -0.1) is 0 Å². The normalized spacial score (nSPS) is 12.1. The van der Waals surface area contributed by atoms with E-state index >= 15 is 0 Å². The minimum Gasteiger partial charge on any atom is -0.507 e. The van der Waals surface area contributed by atoms with Crippen molar-refractivity contribution in [2.45, 2.75) is 38.5 Å². The van der Waals surface area contributed by atoms with Gasteiger partial charge in [-0.25, -0.2) is 4.79 Å². The monoisotopic (exact) mass is 486 g/mol. The lowest BCUT2D eigenvalue weighted by Crippen LogP contribution is -2.37. The molecule has 0 aliphatic heterocycles. The molecule has 35 heavy (non-hydrogen) atoms. The molecule has 2 amide bonds. The maximum Gasteiger partial charge on any atom is 0.416 e. The highest BCUT2D eigenvalue weighted by Gasteiger charge is 2.32. The number of hydrogen-bond acceptors (Lipinski definition) is 3. The summed E-state index contributed by atoms with van der Waals surface area (Å²) in [5, 5.41) is 25.0. The van der Waals surface area contributed by atoms with Crippen LogP contribution in [0.2, 0.25) is 0 Å². The van der Waals surface area contributed by atoms with Crippen molar-refractivity contribution in [3.63, 3.8) is 0 Å². The zero-order valence-electron chi connectivity index (χ0n) is 18.9. The Hall–Kier alpha value is -4.01. The first-order chi connectivity index (χ1) is 16.6. The summed E-state index contributed by atoms with van der Waals surface area (Å²) in [6.45, 7) is 1.95. The van der Waals surface area contributed by atoms with Crippen LogP contribution in [0.5, 0.6) is 5.75 Å². The van der Waals surface area contributed by atoms with E-state index in [0.29, 0.717) is 5.56 Å². The smallest absolute Gasteiger partial charge is 0.416 e. The van der Waals surface area contributed by atoms with E-state index in [1.165, 1.54) is 24.3 Å². The molecule has 0 aliphatic carbocycles. The quantitative estimate of drug-likeness (QED) is 0.330. The van der Waals surface area contributed by atoms with Crippen molar-refractivity contribution in [2.24, 2.45) is 0 Å². The van der Waals surface area contributed by atoms with Crippen LogP contribution in [0.4, 0.5) is 18.0 Å². The van der Waals surface area contributed by atoms with Crippen molar-refractivity contribution < 1.29 is 33.0 Å². The zero-order chi connectivity index (χ0) is 25.6. The number of carboxylic acids is 1. The maximum atomic E-state index is 13.5. The molecule has 1 unspecified atom stereocenters. The molecule has 184 valence electrons. The Morgan fingerprint density at radius 1 is 0.943 bits per heavy atom. The summed E-state index contributed by atoms with van der Waals surface area (Å²) >= 11 is 0. The fourth-order valence-corrected chi connectivity index (χ4v) is 3.74. The molecule has 0 spiro atoms. The Bertz CT molecular complexity index is 1200. The maximum absolute atomic E-state index is 13.5. The van der Waals surface area contributed by atoms with Crippen LogP contribution in [0.3, 0.4) is 0 Å². The summed E-state index contributed by atoms with van der Waals surface area (Å²) in [5.41, 5.74) is 0.922. The van der Waals surface area contributed by atoms with Gasteiger partial charge in [0.1, 0.15) is 5.75 Å². The number of alkyl halides is 3. The topological polar surface area (TPSA) is 98.7 Å². The second kappa shape index (κ2) is 10.9. The number of amides is 2. The molecular formula is C26H25F3N2O4. The molecule has 0 saturated heterocycles. The van der Waals surface area contributed by atoms with Crippen molar-refractivity contribution in [2.75, 3.05) is 0 Å². The molecule has 0 saturated carbocycles. The first kappa shape index (κ1) is 25.6. The van der Waals surface area contributed by atoms with Gasteiger partial charge in [-0.1, -0.05) is 49.4 Å². The van der Waals surface area contributed by atoms with E-state index in [1.807, 2.05) is 30.3 Å². The van der Waals surface area contributed by atoms with Gasteiger partial charge >= 0.3 is 18.2 Å². The van der Waals surface area contributed by atoms with Gasteiger partial charge in [0, 0.05) is 12.1 Å². The molecule has 9 heteroatoms. The fourth-order valence-electron chi connectivity index (χ4n) is 3.74. The Balaban J connectivity index is 1.98. The molecule has 1 atom stereocenters. The number of hydrogen-bond donors (Lipinski definition) is 4. The molecule has 4 N–H and O–H groups in total. The number of carbonyl (C=O) groups excluding carboxylic acids is 1. The van der Waals surface area contributed by atoms with E-state index in [0.717, 1.165) is 17.7 Å². The molecule has 0 aliphatic rings. The number of phenolic OH excluding ortho intramolecular Hbond substituents is 1. The van der Waals surface area contributed by atoms with Crippen LogP contribution in [0.1, 0.15) is 41.6 Å². The lowest BCUT2D eigenvalue weighted by Gasteiger charge is -2.23. The number of aromatic hydroxyl groups is 1. The van der Waals surface area contributed by atoms with Crippen LogP contribution < -0.4 is 10.6 Å². The molecule has 0 radical (unpaired) electrons. The largest absolute Gasteiger partial charge is 0.507 e. The molecule has 3 aromatic carbocycles. The van der Waals surface area contributed by atoms with Crippen LogP contribution in [0, 0.1) is 0 Å². The SMILES string of the molecule is CCC(NC(=O)NCc1ccccc1)c1cc(C(F)(F)F)ccc1-c1cc(CC(=O)O)ccc1O. The van der Waals surface area contributed by atoms with E-state index in [9.17, 15) is 27.9 Å². The number of phenols is 1. The first-order valence-corrected chi connectivity index (χ1v) is 10.9.